The van der Waals surface area contributed by atoms with Crippen LogP contribution >= 0.6 is 0 Å². The molecule has 3 heteroatoms. The van der Waals surface area contributed by atoms with Crippen LogP contribution in [0.4, 0.5) is 0 Å². The molecule has 1 saturated heterocycles. The predicted molar refractivity (Wildman–Crippen MR) is 49.7 cm³/mol. The van der Waals surface area contributed by atoms with E-state index in [4.69, 9.17) is 4.74 Å². The van der Waals surface area contributed by atoms with Crippen LogP contribution < -0.4 is 4.90 Å². The smallest absolute Gasteiger partial charge is 0.138 e. The SMILES string of the molecule is C[NH+](C)C[C@@]12C=C[C@@H](C[C@@H](O)C1)O2. The first-order valence-electron chi connectivity index (χ1n) is 4.94. The van der Waals surface area contributed by atoms with Gasteiger partial charge in [-0.1, -0.05) is 6.08 Å². The molecule has 2 aliphatic heterocycles. The fourth-order valence-electron chi connectivity index (χ4n) is 2.43. The van der Waals surface area contributed by atoms with Crippen LogP contribution in [-0.4, -0.2) is 43.6 Å². The maximum atomic E-state index is 9.64. The van der Waals surface area contributed by atoms with Gasteiger partial charge in [0.2, 0.25) is 0 Å². The van der Waals surface area contributed by atoms with E-state index in [1.54, 1.807) is 0 Å². The van der Waals surface area contributed by atoms with Gasteiger partial charge in [0.1, 0.15) is 12.1 Å². The van der Waals surface area contributed by atoms with E-state index in [2.05, 4.69) is 26.2 Å². The Morgan fingerprint density at radius 2 is 2.38 bits per heavy atom. The second kappa shape index (κ2) is 3.08. The van der Waals surface area contributed by atoms with Gasteiger partial charge in [-0.2, -0.15) is 0 Å². The first kappa shape index (κ1) is 9.19. The minimum atomic E-state index is -0.187. The fourth-order valence-corrected chi connectivity index (χ4v) is 2.43. The molecule has 2 bridgehead atoms. The molecule has 13 heavy (non-hydrogen) atoms. The summed E-state index contributed by atoms with van der Waals surface area (Å²) < 4.78 is 5.87. The summed E-state index contributed by atoms with van der Waals surface area (Å²) in [5.74, 6) is 0. The molecule has 0 radical (unpaired) electrons. The van der Waals surface area contributed by atoms with Crippen LogP contribution in [0.2, 0.25) is 0 Å². The lowest BCUT2D eigenvalue weighted by Crippen LogP contribution is -3.08. The van der Waals surface area contributed by atoms with Crippen molar-refractivity contribution in [2.75, 3.05) is 20.6 Å². The lowest BCUT2D eigenvalue weighted by Gasteiger charge is -2.36. The second-order valence-electron chi connectivity index (χ2n) is 4.56. The summed E-state index contributed by atoms with van der Waals surface area (Å²) in [4.78, 5) is 1.36. The van der Waals surface area contributed by atoms with Crippen molar-refractivity contribution in [2.24, 2.45) is 0 Å². The molecule has 74 valence electrons. The highest BCUT2D eigenvalue weighted by Gasteiger charge is 2.44. The van der Waals surface area contributed by atoms with E-state index in [0.717, 1.165) is 19.4 Å². The van der Waals surface area contributed by atoms with Gasteiger partial charge in [0.25, 0.3) is 0 Å². The molecule has 0 spiro atoms. The van der Waals surface area contributed by atoms with E-state index in [9.17, 15) is 5.11 Å². The summed E-state index contributed by atoms with van der Waals surface area (Å²) in [5, 5.41) is 9.64. The molecule has 2 rings (SSSR count). The number of nitrogens with one attached hydrogen (secondary N) is 1. The molecule has 0 aromatic rings. The van der Waals surface area contributed by atoms with Crippen LogP contribution in [0.3, 0.4) is 0 Å². The lowest BCUT2D eigenvalue weighted by molar-refractivity contribution is -0.865. The topological polar surface area (TPSA) is 33.9 Å². The zero-order chi connectivity index (χ0) is 9.47. The van der Waals surface area contributed by atoms with Crippen LogP contribution in [0.15, 0.2) is 12.2 Å². The Hall–Kier alpha value is -0.380. The third-order valence-corrected chi connectivity index (χ3v) is 2.74. The van der Waals surface area contributed by atoms with Gasteiger partial charge in [0, 0.05) is 12.8 Å². The molecule has 0 aromatic heterocycles. The third kappa shape index (κ3) is 1.77. The number of hydrogen-bond donors (Lipinski definition) is 2. The second-order valence-corrected chi connectivity index (χ2v) is 4.56. The van der Waals surface area contributed by atoms with Gasteiger partial charge in [0.15, 0.2) is 0 Å². The van der Waals surface area contributed by atoms with Crippen LogP contribution in [0.5, 0.6) is 0 Å². The monoisotopic (exact) mass is 184 g/mol. The van der Waals surface area contributed by atoms with Crippen molar-refractivity contribution in [3.05, 3.63) is 12.2 Å². The van der Waals surface area contributed by atoms with Crippen LogP contribution in [0, 0.1) is 0 Å². The minimum absolute atomic E-state index is 0.156. The fraction of sp³-hybridized carbons (Fsp3) is 0.800. The average Bonchev–Trinajstić information content (AvgIpc) is 2.24. The Balaban J connectivity index is 2.09. The van der Waals surface area contributed by atoms with E-state index < -0.39 is 0 Å². The zero-order valence-electron chi connectivity index (χ0n) is 8.29. The molecule has 0 unspecified atom stereocenters. The molecule has 2 N–H and O–H groups in total. The number of hydrogen-bond acceptors (Lipinski definition) is 2. The third-order valence-electron chi connectivity index (χ3n) is 2.74. The standard InChI is InChI=1S/C10H17NO2/c1-11(2)7-10-4-3-9(13-10)5-8(12)6-10/h3-4,8-9,12H,5-7H2,1-2H3/p+1/t8-,9+,10-/m1/s1. The first-order valence-corrected chi connectivity index (χ1v) is 4.94. The Kier molecular flexibility index (Phi) is 2.18. The molecule has 0 aromatic carbocycles. The lowest BCUT2D eigenvalue weighted by atomic mass is 9.93. The van der Waals surface area contributed by atoms with Gasteiger partial charge in [-0.25, -0.2) is 0 Å². The molecule has 0 amide bonds. The number of rotatable bonds is 2. The van der Waals surface area contributed by atoms with Gasteiger partial charge in [0.05, 0.1) is 26.3 Å². The normalized spacial score (nSPS) is 43.1. The summed E-state index contributed by atoms with van der Waals surface area (Å²) in [6.45, 7) is 0.942. The van der Waals surface area contributed by atoms with Gasteiger partial charge in [-0.15, -0.1) is 0 Å². The average molecular weight is 184 g/mol. The first-order chi connectivity index (χ1) is 6.10. The maximum Gasteiger partial charge on any atom is 0.138 e. The van der Waals surface area contributed by atoms with Crippen molar-refractivity contribution in [3.8, 4) is 0 Å². The van der Waals surface area contributed by atoms with Crippen molar-refractivity contribution in [1.29, 1.82) is 0 Å². The van der Waals surface area contributed by atoms with Crippen molar-refractivity contribution in [1.82, 2.24) is 0 Å². The Morgan fingerprint density at radius 3 is 3.08 bits per heavy atom. The summed E-state index contributed by atoms with van der Waals surface area (Å²) in [5.41, 5.74) is -0.179. The Bertz CT molecular complexity index is 223. The van der Waals surface area contributed by atoms with E-state index in [1.165, 1.54) is 4.90 Å². The zero-order valence-corrected chi connectivity index (χ0v) is 8.29. The van der Waals surface area contributed by atoms with Crippen molar-refractivity contribution >= 4 is 0 Å². The predicted octanol–water partition coefficient (Wildman–Crippen LogP) is -1.02. The highest BCUT2D eigenvalue weighted by Crippen LogP contribution is 2.35. The van der Waals surface area contributed by atoms with Gasteiger partial charge < -0.3 is 14.7 Å². The minimum Gasteiger partial charge on any atom is -0.393 e. The molecule has 3 atom stereocenters. The van der Waals surface area contributed by atoms with Crippen molar-refractivity contribution in [2.45, 2.75) is 30.7 Å². The Morgan fingerprint density at radius 1 is 1.62 bits per heavy atom. The molecule has 1 fully saturated rings. The molecule has 3 nitrogen and oxygen atoms in total. The summed E-state index contributed by atoms with van der Waals surface area (Å²) in [6.07, 6.45) is 5.72. The van der Waals surface area contributed by atoms with E-state index in [1.807, 2.05) is 0 Å². The number of ether oxygens (including phenoxy) is 1. The molecule has 0 aliphatic carbocycles. The van der Waals surface area contributed by atoms with Gasteiger partial charge in [-0.05, 0) is 6.08 Å². The quantitative estimate of drug-likeness (QED) is 0.539. The molecular weight excluding hydrogens is 166 g/mol. The number of quaternary nitrogens is 1. The van der Waals surface area contributed by atoms with E-state index in [0.29, 0.717) is 0 Å². The molecule has 0 saturated carbocycles. The largest absolute Gasteiger partial charge is 0.393 e. The molecular formula is C10H18NO2+. The van der Waals surface area contributed by atoms with E-state index in [-0.39, 0.29) is 17.8 Å². The highest BCUT2D eigenvalue weighted by molar-refractivity contribution is 5.15. The molecule has 2 aliphatic rings. The number of likely N-dealkylation sites (N-methyl/N-ethyl adjacent to an activating group) is 1. The highest BCUT2D eigenvalue weighted by atomic mass is 16.5. The van der Waals surface area contributed by atoms with Crippen molar-refractivity contribution in [3.63, 3.8) is 0 Å². The summed E-state index contributed by atoms with van der Waals surface area (Å²) in [6, 6.07) is 0. The van der Waals surface area contributed by atoms with Crippen LogP contribution in [-0.2, 0) is 4.74 Å². The summed E-state index contributed by atoms with van der Waals surface area (Å²) >= 11 is 0. The Labute approximate surface area is 79.0 Å². The van der Waals surface area contributed by atoms with Gasteiger partial charge in [-0.3, -0.25) is 0 Å². The summed E-state index contributed by atoms with van der Waals surface area (Å²) in [7, 11) is 4.22. The van der Waals surface area contributed by atoms with Crippen molar-refractivity contribution < 1.29 is 14.7 Å². The number of aliphatic hydroxyl groups is 1. The number of aliphatic hydroxyl groups excluding tert-OH is 1. The maximum absolute atomic E-state index is 9.64. The van der Waals surface area contributed by atoms with Crippen LogP contribution in [0.1, 0.15) is 12.8 Å². The van der Waals surface area contributed by atoms with Crippen LogP contribution in [0.25, 0.3) is 0 Å². The molecule has 2 heterocycles. The van der Waals surface area contributed by atoms with E-state index >= 15 is 0 Å². The number of fused-ring (bicyclic) bond motifs is 2. The van der Waals surface area contributed by atoms with Gasteiger partial charge >= 0.3 is 0 Å².